The van der Waals surface area contributed by atoms with Crippen LogP contribution in [0.2, 0.25) is 5.02 Å². The van der Waals surface area contributed by atoms with Crippen molar-refractivity contribution in [2.75, 3.05) is 26.2 Å². The molecule has 0 atom stereocenters. The molecule has 0 N–H and O–H groups in total. The number of carbonyl (C=O) groups excluding carboxylic acids is 2. The number of nitrogens with zero attached hydrogens (tertiary/aromatic N) is 1. The number of halogens is 2. The van der Waals surface area contributed by atoms with Crippen LogP contribution in [0.15, 0.2) is 30.3 Å². The number of piperidine rings is 1. The Morgan fingerprint density at radius 3 is 2.48 bits per heavy atom. The molecule has 1 saturated heterocycles. The van der Waals surface area contributed by atoms with Crippen LogP contribution < -0.4 is 0 Å². The molecular formula is C19H25Cl2NO3. The fourth-order valence-electron chi connectivity index (χ4n) is 2.77. The van der Waals surface area contributed by atoms with Crippen LogP contribution in [0.4, 0.5) is 0 Å². The highest BCUT2D eigenvalue weighted by atomic mass is 35.5. The zero-order valence-corrected chi connectivity index (χ0v) is 16.0. The van der Waals surface area contributed by atoms with Crippen LogP contribution >= 0.6 is 24.0 Å². The zero-order chi connectivity index (χ0) is 17.4. The van der Waals surface area contributed by atoms with Gasteiger partial charge in [-0.05, 0) is 56.6 Å². The van der Waals surface area contributed by atoms with Crippen molar-refractivity contribution < 1.29 is 14.3 Å². The van der Waals surface area contributed by atoms with Gasteiger partial charge in [0.05, 0.1) is 12.5 Å². The van der Waals surface area contributed by atoms with E-state index < -0.39 is 0 Å². The van der Waals surface area contributed by atoms with Gasteiger partial charge in [0.2, 0.25) is 0 Å². The lowest BCUT2D eigenvalue weighted by Crippen LogP contribution is -2.37. The molecule has 1 fully saturated rings. The lowest BCUT2D eigenvalue weighted by atomic mass is 9.97. The molecule has 0 saturated carbocycles. The number of allylic oxidation sites excluding steroid dienone is 1. The third kappa shape index (κ3) is 7.59. The second-order valence-electron chi connectivity index (χ2n) is 5.97. The van der Waals surface area contributed by atoms with Crippen LogP contribution in [0.5, 0.6) is 0 Å². The van der Waals surface area contributed by atoms with Crippen LogP contribution in [-0.2, 0) is 14.3 Å². The van der Waals surface area contributed by atoms with Crippen molar-refractivity contribution in [1.29, 1.82) is 0 Å². The molecule has 4 nitrogen and oxygen atoms in total. The second-order valence-corrected chi connectivity index (χ2v) is 6.41. The Labute approximate surface area is 160 Å². The largest absolute Gasteiger partial charge is 0.466 e. The van der Waals surface area contributed by atoms with Crippen LogP contribution in [0.25, 0.3) is 6.08 Å². The van der Waals surface area contributed by atoms with Gasteiger partial charge in [-0.25, -0.2) is 0 Å². The third-order valence-electron chi connectivity index (χ3n) is 4.21. The van der Waals surface area contributed by atoms with Gasteiger partial charge in [-0.15, -0.1) is 12.4 Å². The quantitative estimate of drug-likeness (QED) is 0.525. The first-order chi connectivity index (χ1) is 11.6. The van der Waals surface area contributed by atoms with Crippen LogP contribution in [0.1, 0.15) is 31.7 Å². The maximum absolute atomic E-state index is 12.0. The summed E-state index contributed by atoms with van der Waals surface area (Å²) in [5.41, 5.74) is 0.961. The minimum Gasteiger partial charge on any atom is -0.466 e. The van der Waals surface area contributed by atoms with Gasteiger partial charge in [0.25, 0.3) is 0 Å². The molecule has 0 spiro atoms. The van der Waals surface area contributed by atoms with E-state index in [0.717, 1.165) is 38.0 Å². The molecule has 0 aromatic heterocycles. The van der Waals surface area contributed by atoms with Crippen molar-refractivity contribution in [3.63, 3.8) is 0 Å². The molecule has 25 heavy (non-hydrogen) atoms. The van der Waals surface area contributed by atoms with Crippen molar-refractivity contribution >= 4 is 41.8 Å². The zero-order valence-electron chi connectivity index (χ0n) is 14.4. The molecule has 1 aromatic carbocycles. The molecule has 1 aromatic rings. The van der Waals surface area contributed by atoms with E-state index in [9.17, 15) is 9.59 Å². The van der Waals surface area contributed by atoms with Gasteiger partial charge in [-0.2, -0.15) is 0 Å². The highest BCUT2D eigenvalue weighted by Gasteiger charge is 2.25. The summed E-state index contributed by atoms with van der Waals surface area (Å²) in [6, 6.07) is 7.37. The summed E-state index contributed by atoms with van der Waals surface area (Å²) in [7, 11) is 0. The number of ether oxygens (including phenoxy) is 1. The fourth-order valence-corrected chi connectivity index (χ4v) is 2.89. The number of rotatable bonds is 7. The van der Waals surface area contributed by atoms with E-state index in [0.29, 0.717) is 18.1 Å². The molecule has 0 radical (unpaired) electrons. The predicted octanol–water partition coefficient (Wildman–Crippen LogP) is 4.01. The minimum absolute atomic E-state index is 0. The van der Waals surface area contributed by atoms with Gasteiger partial charge in [0.1, 0.15) is 0 Å². The maximum atomic E-state index is 12.0. The van der Waals surface area contributed by atoms with Gasteiger partial charge < -0.3 is 9.64 Å². The summed E-state index contributed by atoms with van der Waals surface area (Å²) in [6.07, 6.45) is 5.55. The number of hydrogen-bond acceptors (Lipinski definition) is 4. The van der Waals surface area contributed by atoms with Gasteiger partial charge in [0.15, 0.2) is 5.78 Å². The number of hydrogen-bond donors (Lipinski definition) is 0. The lowest BCUT2D eigenvalue weighted by Gasteiger charge is -2.30. The van der Waals surface area contributed by atoms with Crippen molar-refractivity contribution in [2.45, 2.75) is 26.2 Å². The van der Waals surface area contributed by atoms with Crippen molar-refractivity contribution in [2.24, 2.45) is 5.92 Å². The molecule has 6 heteroatoms. The van der Waals surface area contributed by atoms with Crippen molar-refractivity contribution in [3.05, 3.63) is 40.9 Å². The number of esters is 1. The molecular weight excluding hydrogens is 361 g/mol. The summed E-state index contributed by atoms with van der Waals surface area (Å²) in [5.74, 6) is 0.0401. The SMILES string of the molecule is CCOC(=O)C1CCN(CCC(=O)C=Cc2ccc(Cl)cc2)CC1.Cl. The Balaban J connectivity index is 0.00000312. The van der Waals surface area contributed by atoms with E-state index in [2.05, 4.69) is 4.90 Å². The molecule has 138 valence electrons. The van der Waals surface area contributed by atoms with Gasteiger partial charge in [-0.1, -0.05) is 29.8 Å². The predicted molar refractivity (Wildman–Crippen MR) is 103 cm³/mol. The summed E-state index contributed by atoms with van der Waals surface area (Å²) in [6.45, 7) is 4.69. The highest BCUT2D eigenvalue weighted by molar-refractivity contribution is 6.30. The number of carbonyl (C=O) groups is 2. The van der Waals surface area contributed by atoms with Crippen LogP contribution in [0.3, 0.4) is 0 Å². The molecule has 0 bridgehead atoms. The molecule has 1 aliphatic heterocycles. The normalized spacial score (nSPS) is 15.8. The Bertz CT molecular complexity index is 579. The molecule has 2 rings (SSSR count). The topological polar surface area (TPSA) is 46.6 Å². The monoisotopic (exact) mass is 385 g/mol. The van der Waals surface area contributed by atoms with Gasteiger partial charge in [-0.3, -0.25) is 9.59 Å². The Morgan fingerprint density at radius 2 is 1.88 bits per heavy atom. The summed E-state index contributed by atoms with van der Waals surface area (Å²) >= 11 is 5.83. The van der Waals surface area contributed by atoms with E-state index in [1.807, 2.05) is 25.1 Å². The van der Waals surface area contributed by atoms with Crippen molar-refractivity contribution in [3.8, 4) is 0 Å². The molecule has 1 aliphatic rings. The first kappa shape index (κ1) is 21.7. The smallest absolute Gasteiger partial charge is 0.309 e. The van der Waals surface area contributed by atoms with E-state index in [1.165, 1.54) is 0 Å². The summed E-state index contributed by atoms with van der Waals surface area (Å²) < 4.78 is 5.07. The first-order valence-corrected chi connectivity index (χ1v) is 8.81. The van der Waals surface area contributed by atoms with Crippen LogP contribution in [0, 0.1) is 5.92 Å². The highest BCUT2D eigenvalue weighted by Crippen LogP contribution is 2.19. The Morgan fingerprint density at radius 1 is 1.24 bits per heavy atom. The van der Waals surface area contributed by atoms with E-state index >= 15 is 0 Å². The Kier molecular flexibility index (Phi) is 9.79. The van der Waals surface area contributed by atoms with E-state index in [1.54, 1.807) is 18.2 Å². The second kappa shape index (κ2) is 11.3. The van der Waals surface area contributed by atoms with Gasteiger partial charge in [0, 0.05) is 18.0 Å². The molecule has 0 aliphatic carbocycles. The summed E-state index contributed by atoms with van der Waals surface area (Å²) in [4.78, 5) is 25.9. The van der Waals surface area contributed by atoms with Crippen molar-refractivity contribution in [1.82, 2.24) is 4.90 Å². The average molecular weight is 386 g/mol. The molecule has 1 heterocycles. The average Bonchev–Trinajstić information content (AvgIpc) is 2.60. The number of ketones is 1. The Hall–Kier alpha value is -1.36. The van der Waals surface area contributed by atoms with Gasteiger partial charge >= 0.3 is 5.97 Å². The molecule has 0 unspecified atom stereocenters. The summed E-state index contributed by atoms with van der Waals surface area (Å²) in [5, 5.41) is 0.685. The van der Waals surface area contributed by atoms with Crippen LogP contribution in [-0.4, -0.2) is 42.9 Å². The third-order valence-corrected chi connectivity index (χ3v) is 4.47. The lowest BCUT2D eigenvalue weighted by molar-refractivity contribution is -0.149. The maximum Gasteiger partial charge on any atom is 0.309 e. The number of likely N-dealkylation sites (tertiary alicyclic amines) is 1. The first-order valence-electron chi connectivity index (χ1n) is 8.44. The molecule has 0 amide bonds. The minimum atomic E-state index is -0.0841. The number of benzene rings is 1. The standard InChI is InChI=1S/C19H24ClNO3.ClH/c1-2-24-19(23)16-9-12-21(13-10-16)14-11-18(22)8-5-15-3-6-17(20)7-4-15;/h3-8,16H,2,9-14H2,1H3;1H. The fraction of sp³-hybridized carbons (Fsp3) is 0.474. The van der Waals surface area contributed by atoms with E-state index in [-0.39, 0.29) is 30.1 Å². The van der Waals surface area contributed by atoms with E-state index in [4.69, 9.17) is 16.3 Å².